The first kappa shape index (κ1) is 8.94. The molecule has 56 valence electrons. The van der Waals surface area contributed by atoms with Crippen LogP contribution in [0, 0.1) is 0 Å². The van der Waals surface area contributed by atoms with Gasteiger partial charge in [0.2, 0.25) is 0 Å². The summed E-state index contributed by atoms with van der Waals surface area (Å²) in [6.07, 6.45) is 2.70. The summed E-state index contributed by atoms with van der Waals surface area (Å²) >= 11 is 9.70. The van der Waals surface area contributed by atoms with Crippen molar-refractivity contribution in [2.45, 2.75) is 9.65 Å². The van der Waals surface area contributed by atoms with Crippen LogP contribution in [-0.4, -0.2) is 14.3 Å². The molecule has 0 atom stereocenters. The van der Waals surface area contributed by atoms with E-state index in [9.17, 15) is 4.79 Å². The lowest BCUT2D eigenvalue weighted by molar-refractivity contribution is -0.116. The van der Waals surface area contributed by atoms with E-state index >= 15 is 0 Å². The molecule has 0 saturated carbocycles. The molecule has 1 nitrogen and oxygen atoms in total. The quantitative estimate of drug-likeness (QED) is 0.711. The van der Waals surface area contributed by atoms with Crippen LogP contribution < -0.4 is 0 Å². The summed E-state index contributed by atoms with van der Waals surface area (Å²) in [6, 6.07) is 0. The second-order valence-electron chi connectivity index (χ2n) is 2.06. The molecule has 4 heteroatoms. The zero-order chi connectivity index (χ0) is 7.78. The first-order valence-electron chi connectivity index (χ1n) is 2.78. The molecule has 1 rings (SSSR count). The first-order chi connectivity index (χ1) is 4.58. The molecular formula is C6H5Br3O. The molecular weight excluding hydrogens is 328 g/mol. The molecule has 0 spiro atoms. The van der Waals surface area contributed by atoms with Gasteiger partial charge >= 0.3 is 0 Å². The molecule has 1 aliphatic rings. The molecule has 1 aliphatic carbocycles. The molecule has 0 aromatic heterocycles. The molecule has 0 aromatic carbocycles. The van der Waals surface area contributed by atoms with Gasteiger partial charge in [0.1, 0.15) is 0 Å². The van der Waals surface area contributed by atoms with Crippen molar-refractivity contribution >= 4 is 53.6 Å². The van der Waals surface area contributed by atoms with Crippen molar-refractivity contribution < 1.29 is 4.79 Å². The summed E-state index contributed by atoms with van der Waals surface area (Å²) in [6.45, 7) is 0. The number of hydrogen-bond donors (Lipinski definition) is 0. The smallest absolute Gasteiger partial charge is 0.189 e. The van der Waals surface area contributed by atoms with Crippen molar-refractivity contribution in [3.63, 3.8) is 0 Å². The Balaban J connectivity index is 2.63. The van der Waals surface area contributed by atoms with Gasteiger partial charge in [-0.25, -0.2) is 0 Å². The largest absolute Gasteiger partial charge is 0.292 e. The molecule has 10 heavy (non-hydrogen) atoms. The topological polar surface area (TPSA) is 17.1 Å². The number of Topliss-reactive ketones (excluding diaryl/α,β-unsaturated/α-hetero) is 1. The standard InChI is InChI=1S/C6H5Br3O/c7-2-1-4-3-6(8,9)5(4)10/h3H,1-2H2. The second-order valence-corrected chi connectivity index (χ2v) is 6.42. The van der Waals surface area contributed by atoms with Gasteiger partial charge in [-0.15, -0.1) is 0 Å². The number of rotatable bonds is 2. The highest BCUT2D eigenvalue weighted by molar-refractivity contribution is 9.26. The van der Waals surface area contributed by atoms with Crippen LogP contribution in [0.3, 0.4) is 0 Å². The Hall–Kier alpha value is 0.850. The molecule has 0 unspecified atom stereocenters. The van der Waals surface area contributed by atoms with Crippen molar-refractivity contribution in [3.8, 4) is 0 Å². The summed E-state index contributed by atoms with van der Waals surface area (Å²) in [5.41, 5.74) is 0.894. The molecule has 0 amide bonds. The van der Waals surface area contributed by atoms with Crippen LogP contribution in [0.4, 0.5) is 0 Å². The summed E-state index contributed by atoms with van der Waals surface area (Å²) < 4.78 is -0.544. The molecule has 0 aliphatic heterocycles. The lowest BCUT2D eigenvalue weighted by Crippen LogP contribution is -2.34. The number of hydrogen-bond acceptors (Lipinski definition) is 1. The Labute approximate surface area is 84.6 Å². The van der Waals surface area contributed by atoms with E-state index < -0.39 is 3.23 Å². The lowest BCUT2D eigenvalue weighted by atomic mass is 9.95. The Kier molecular flexibility index (Phi) is 2.75. The average Bonchev–Trinajstić information content (AvgIpc) is 1.87. The Morgan fingerprint density at radius 3 is 2.40 bits per heavy atom. The molecule has 0 fully saturated rings. The third kappa shape index (κ3) is 1.53. The van der Waals surface area contributed by atoms with E-state index in [2.05, 4.69) is 47.8 Å². The van der Waals surface area contributed by atoms with Crippen molar-refractivity contribution in [2.75, 3.05) is 5.33 Å². The van der Waals surface area contributed by atoms with Crippen molar-refractivity contribution in [3.05, 3.63) is 11.6 Å². The Morgan fingerprint density at radius 1 is 1.50 bits per heavy atom. The third-order valence-corrected chi connectivity index (χ3v) is 2.89. The number of alkyl halides is 3. The summed E-state index contributed by atoms with van der Waals surface area (Å²) in [4.78, 5) is 11.1. The summed E-state index contributed by atoms with van der Waals surface area (Å²) in [5.74, 6) is 0.145. The van der Waals surface area contributed by atoms with E-state index in [0.717, 1.165) is 17.3 Å². The van der Waals surface area contributed by atoms with Crippen LogP contribution >= 0.6 is 47.8 Å². The van der Waals surface area contributed by atoms with Gasteiger partial charge in [-0.05, 0) is 18.1 Å². The molecule has 0 N–H and O–H groups in total. The van der Waals surface area contributed by atoms with E-state index in [1.165, 1.54) is 0 Å². The van der Waals surface area contributed by atoms with Crippen LogP contribution in [0.15, 0.2) is 11.6 Å². The lowest BCUT2D eigenvalue weighted by Gasteiger charge is -2.26. The Morgan fingerprint density at radius 2 is 2.10 bits per heavy atom. The molecule has 0 saturated heterocycles. The normalized spacial score (nSPS) is 21.9. The van der Waals surface area contributed by atoms with E-state index in [-0.39, 0.29) is 5.78 Å². The predicted octanol–water partition coefficient (Wildman–Crippen LogP) is 2.77. The molecule has 0 aromatic rings. The van der Waals surface area contributed by atoms with Gasteiger partial charge in [0.25, 0.3) is 0 Å². The second kappa shape index (κ2) is 3.07. The van der Waals surface area contributed by atoms with Gasteiger partial charge in [0.15, 0.2) is 9.02 Å². The number of halogens is 3. The van der Waals surface area contributed by atoms with Gasteiger partial charge in [-0.2, -0.15) is 0 Å². The van der Waals surface area contributed by atoms with Crippen LogP contribution in [0.2, 0.25) is 0 Å². The minimum absolute atomic E-state index is 0.145. The predicted molar refractivity (Wildman–Crippen MR) is 52.1 cm³/mol. The van der Waals surface area contributed by atoms with Crippen LogP contribution in [0.1, 0.15) is 6.42 Å². The van der Waals surface area contributed by atoms with E-state index in [0.29, 0.717) is 0 Å². The van der Waals surface area contributed by atoms with Crippen LogP contribution in [0.25, 0.3) is 0 Å². The Bertz CT molecular complexity index is 195. The van der Waals surface area contributed by atoms with E-state index in [4.69, 9.17) is 0 Å². The van der Waals surface area contributed by atoms with Gasteiger partial charge in [0, 0.05) is 5.33 Å². The molecule has 0 radical (unpaired) electrons. The summed E-state index contributed by atoms with van der Waals surface area (Å²) in [5, 5.41) is 0.848. The fourth-order valence-corrected chi connectivity index (χ4v) is 2.26. The van der Waals surface area contributed by atoms with Crippen LogP contribution in [0.5, 0.6) is 0 Å². The highest BCUT2D eigenvalue weighted by atomic mass is 79.9. The fraction of sp³-hybridized carbons (Fsp3) is 0.500. The number of carbonyl (C=O) groups excluding carboxylic acids is 1. The fourth-order valence-electron chi connectivity index (χ4n) is 0.774. The first-order valence-corrected chi connectivity index (χ1v) is 5.49. The molecule has 0 bridgehead atoms. The average molecular weight is 333 g/mol. The number of ketones is 1. The number of allylic oxidation sites excluding steroid dienone is 2. The minimum Gasteiger partial charge on any atom is -0.292 e. The van der Waals surface area contributed by atoms with E-state index in [1.807, 2.05) is 6.08 Å². The zero-order valence-corrected chi connectivity index (χ0v) is 9.79. The highest BCUT2D eigenvalue weighted by Gasteiger charge is 2.40. The van der Waals surface area contributed by atoms with Gasteiger partial charge in [0.05, 0.1) is 0 Å². The van der Waals surface area contributed by atoms with Crippen LogP contribution in [-0.2, 0) is 4.79 Å². The summed E-state index contributed by atoms with van der Waals surface area (Å²) in [7, 11) is 0. The number of carbonyl (C=O) groups is 1. The van der Waals surface area contributed by atoms with Crippen molar-refractivity contribution in [1.82, 2.24) is 0 Å². The maximum Gasteiger partial charge on any atom is 0.189 e. The SMILES string of the molecule is O=C1C(CCBr)=CC1(Br)Br. The third-order valence-electron chi connectivity index (χ3n) is 1.31. The van der Waals surface area contributed by atoms with Crippen molar-refractivity contribution in [1.29, 1.82) is 0 Å². The van der Waals surface area contributed by atoms with Gasteiger partial charge in [-0.1, -0.05) is 47.8 Å². The monoisotopic (exact) mass is 330 g/mol. The van der Waals surface area contributed by atoms with E-state index in [1.54, 1.807) is 0 Å². The van der Waals surface area contributed by atoms with Gasteiger partial charge < -0.3 is 0 Å². The molecule has 0 heterocycles. The zero-order valence-electron chi connectivity index (χ0n) is 5.03. The van der Waals surface area contributed by atoms with Gasteiger partial charge in [-0.3, -0.25) is 4.79 Å². The minimum atomic E-state index is -0.544. The highest BCUT2D eigenvalue weighted by Crippen LogP contribution is 2.41. The maximum absolute atomic E-state index is 11.1. The van der Waals surface area contributed by atoms with Crippen molar-refractivity contribution in [2.24, 2.45) is 0 Å². The maximum atomic E-state index is 11.1.